The minimum absolute atomic E-state index is 0.115. The van der Waals surface area contributed by atoms with Crippen molar-refractivity contribution in [1.82, 2.24) is 9.21 Å². The van der Waals surface area contributed by atoms with Gasteiger partial charge in [0, 0.05) is 36.6 Å². The number of amides is 1. The topological polar surface area (TPSA) is 96.0 Å². The fraction of sp³-hybridized carbons (Fsp3) is 0.357. The van der Waals surface area contributed by atoms with Gasteiger partial charge in [0.15, 0.2) is 0 Å². The maximum atomic E-state index is 13.2. The number of carbonyl (C=O) groups is 2. The van der Waals surface area contributed by atoms with E-state index in [9.17, 15) is 18.0 Å². The van der Waals surface area contributed by atoms with Crippen molar-refractivity contribution in [1.29, 1.82) is 0 Å². The van der Waals surface area contributed by atoms with E-state index in [-0.39, 0.29) is 11.4 Å². The largest absolute Gasteiger partial charge is 0.465 e. The van der Waals surface area contributed by atoms with Gasteiger partial charge in [0.1, 0.15) is 5.00 Å². The van der Waals surface area contributed by atoms with Crippen molar-refractivity contribution >= 4 is 38.2 Å². The van der Waals surface area contributed by atoms with E-state index in [1.807, 2.05) is 30.3 Å². The van der Waals surface area contributed by atoms with Crippen LogP contribution in [0.4, 0.5) is 5.00 Å². The Morgan fingerprint density at radius 1 is 1.08 bits per heavy atom. The summed E-state index contributed by atoms with van der Waals surface area (Å²) < 4.78 is 32.9. The highest BCUT2D eigenvalue weighted by molar-refractivity contribution is 7.89. The van der Waals surface area contributed by atoms with E-state index < -0.39 is 21.9 Å². The molecule has 0 atom stereocenters. The first-order valence-electron chi connectivity index (χ1n) is 12.7. The molecular weight excluding hydrogens is 522 g/mol. The van der Waals surface area contributed by atoms with E-state index in [1.54, 1.807) is 6.92 Å². The zero-order valence-corrected chi connectivity index (χ0v) is 23.5. The normalized spacial score (nSPS) is 13.8. The smallest absolute Gasteiger partial charge is 0.341 e. The number of nitrogens with one attached hydrogen (secondary N) is 1. The molecule has 0 spiro atoms. The molecule has 0 fully saturated rings. The van der Waals surface area contributed by atoms with Crippen LogP contribution in [0.2, 0.25) is 0 Å². The van der Waals surface area contributed by atoms with Gasteiger partial charge in [-0.15, -0.1) is 11.3 Å². The number of benzene rings is 2. The van der Waals surface area contributed by atoms with Gasteiger partial charge in [-0.3, -0.25) is 9.69 Å². The molecule has 2 heterocycles. The van der Waals surface area contributed by atoms with Crippen molar-refractivity contribution in [2.24, 2.45) is 0 Å². The molecule has 1 aromatic heterocycles. The van der Waals surface area contributed by atoms with Gasteiger partial charge >= 0.3 is 5.97 Å². The lowest BCUT2D eigenvalue weighted by Crippen LogP contribution is -2.30. The average Bonchev–Trinajstić information content (AvgIpc) is 3.28. The van der Waals surface area contributed by atoms with E-state index in [1.165, 1.54) is 47.0 Å². The zero-order valence-electron chi connectivity index (χ0n) is 21.9. The summed E-state index contributed by atoms with van der Waals surface area (Å²) in [5.74, 6) is -0.888. The second-order valence-corrected chi connectivity index (χ2v) is 12.2. The van der Waals surface area contributed by atoms with Gasteiger partial charge in [0.05, 0.1) is 17.6 Å². The molecule has 3 aromatic rings. The summed E-state index contributed by atoms with van der Waals surface area (Å²) >= 11 is 1.40. The number of esters is 1. The molecule has 1 aliphatic rings. The van der Waals surface area contributed by atoms with Crippen LogP contribution in [0, 0.1) is 0 Å². The van der Waals surface area contributed by atoms with Crippen LogP contribution in [-0.2, 0) is 34.3 Å². The quantitative estimate of drug-likeness (QED) is 0.362. The molecule has 1 amide bonds. The number of rotatable bonds is 10. The molecule has 0 aliphatic carbocycles. The summed E-state index contributed by atoms with van der Waals surface area (Å²) in [6, 6.07) is 15.3. The Morgan fingerprint density at radius 2 is 1.79 bits per heavy atom. The average molecular weight is 556 g/mol. The van der Waals surface area contributed by atoms with E-state index in [4.69, 9.17) is 4.74 Å². The first-order valence-corrected chi connectivity index (χ1v) is 14.9. The third-order valence-corrected chi connectivity index (χ3v) is 9.67. The van der Waals surface area contributed by atoms with Gasteiger partial charge in [-0.1, -0.05) is 44.2 Å². The van der Waals surface area contributed by atoms with Crippen molar-refractivity contribution < 1.29 is 22.7 Å². The van der Waals surface area contributed by atoms with E-state index >= 15 is 0 Å². The Bertz CT molecular complexity index is 1390. The molecule has 8 nitrogen and oxygen atoms in total. The van der Waals surface area contributed by atoms with E-state index in [0.717, 1.165) is 48.5 Å². The molecule has 0 unspecified atom stereocenters. The second kappa shape index (κ2) is 12.2. The maximum absolute atomic E-state index is 13.2. The molecule has 1 N–H and O–H groups in total. The Labute approximate surface area is 228 Å². The van der Waals surface area contributed by atoms with Gasteiger partial charge in [0.2, 0.25) is 10.0 Å². The summed E-state index contributed by atoms with van der Waals surface area (Å²) in [6.07, 6.45) is 1.76. The summed E-state index contributed by atoms with van der Waals surface area (Å²) in [5, 5.41) is 3.33. The zero-order chi connectivity index (χ0) is 27.3. The van der Waals surface area contributed by atoms with Crippen LogP contribution in [0.3, 0.4) is 0 Å². The lowest BCUT2D eigenvalue weighted by molar-refractivity contribution is 0.0600. The highest BCUT2D eigenvalue weighted by Crippen LogP contribution is 2.38. The lowest BCUT2D eigenvalue weighted by Gasteiger charge is -2.26. The van der Waals surface area contributed by atoms with Crippen LogP contribution >= 0.6 is 11.3 Å². The summed E-state index contributed by atoms with van der Waals surface area (Å²) in [7, 11) is -2.41. The van der Waals surface area contributed by atoms with Gasteiger partial charge in [-0.05, 0) is 54.8 Å². The van der Waals surface area contributed by atoms with Crippen molar-refractivity contribution in [3.63, 3.8) is 0 Å². The minimum Gasteiger partial charge on any atom is -0.465 e. The number of thiophene rings is 1. The molecular formula is C28H33N3O5S2. The number of fused-ring (bicyclic) bond motifs is 1. The first-order chi connectivity index (χ1) is 18.3. The Balaban J connectivity index is 1.53. The molecule has 0 saturated heterocycles. The number of nitrogens with zero attached hydrogens (tertiary/aromatic N) is 2. The number of methoxy groups -OCH3 is 1. The molecule has 10 heteroatoms. The molecule has 2 aromatic carbocycles. The number of hydrogen-bond acceptors (Lipinski definition) is 7. The van der Waals surface area contributed by atoms with Crippen molar-refractivity contribution in [3.8, 4) is 0 Å². The first kappa shape index (κ1) is 28.0. The molecule has 38 heavy (non-hydrogen) atoms. The van der Waals surface area contributed by atoms with Crippen molar-refractivity contribution in [2.75, 3.05) is 32.1 Å². The number of anilines is 1. The van der Waals surface area contributed by atoms with Crippen LogP contribution in [-0.4, -0.2) is 56.2 Å². The third kappa shape index (κ3) is 5.99. The summed E-state index contributed by atoms with van der Waals surface area (Å²) in [6.45, 7) is 7.06. The molecule has 0 saturated carbocycles. The van der Waals surface area contributed by atoms with Crippen LogP contribution in [0.1, 0.15) is 57.0 Å². The third-order valence-electron chi connectivity index (χ3n) is 6.60. The Kier molecular flexibility index (Phi) is 8.99. The van der Waals surface area contributed by atoms with Gasteiger partial charge < -0.3 is 10.1 Å². The molecule has 1 aliphatic heterocycles. The van der Waals surface area contributed by atoms with Crippen LogP contribution in [0.5, 0.6) is 0 Å². The highest BCUT2D eigenvalue weighted by Gasteiger charge is 2.29. The van der Waals surface area contributed by atoms with Crippen LogP contribution in [0.25, 0.3) is 0 Å². The summed E-state index contributed by atoms with van der Waals surface area (Å²) in [5.41, 5.74) is 2.54. The monoisotopic (exact) mass is 555 g/mol. The number of ether oxygens (including phenoxy) is 1. The fourth-order valence-corrected chi connectivity index (χ4v) is 7.34. The predicted molar refractivity (Wildman–Crippen MR) is 149 cm³/mol. The highest BCUT2D eigenvalue weighted by atomic mass is 32.2. The fourth-order valence-electron chi connectivity index (χ4n) is 4.63. The number of carbonyl (C=O) groups excluding carboxylic acids is 2. The molecule has 0 bridgehead atoms. The van der Waals surface area contributed by atoms with E-state index in [2.05, 4.69) is 17.1 Å². The van der Waals surface area contributed by atoms with Gasteiger partial charge in [-0.25, -0.2) is 13.2 Å². The number of hydrogen-bond donors (Lipinski definition) is 1. The van der Waals surface area contributed by atoms with E-state index in [0.29, 0.717) is 22.7 Å². The Morgan fingerprint density at radius 3 is 2.42 bits per heavy atom. The Hall–Kier alpha value is -3.05. The van der Waals surface area contributed by atoms with Crippen molar-refractivity contribution in [3.05, 3.63) is 81.7 Å². The summed E-state index contributed by atoms with van der Waals surface area (Å²) in [4.78, 5) is 29.2. The second-order valence-electron chi connectivity index (χ2n) is 9.12. The molecule has 202 valence electrons. The van der Waals surface area contributed by atoms with Crippen molar-refractivity contribution in [2.45, 2.75) is 44.7 Å². The standard InChI is InChI=1S/C28H33N3O5S2/c1-4-16-30-17-15-23-24(19-30)37-27(25(23)28(33)36-3)29-26(32)21-11-13-22(14-12-21)38(34,35)31(5-2)18-20-9-7-6-8-10-20/h6-14H,4-5,15-19H2,1-3H3,(H,29,32). The number of sulfonamides is 1. The van der Waals surface area contributed by atoms with Crippen LogP contribution in [0.15, 0.2) is 59.5 Å². The van der Waals surface area contributed by atoms with Gasteiger partial charge in [0.25, 0.3) is 5.91 Å². The van der Waals surface area contributed by atoms with Gasteiger partial charge in [-0.2, -0.15) is 4.31 Å². The predicted octanol–water partition coefficient (Wildman–Crippen LogP) is 4.77. The molecule has 4 rings (SSSR count). The lowest BCUT2D eigenvalue weighted by atomic mass is 10.0. The minimum atomic E-state index is -3.75. The SMILES string of the molecule is CCCN1CCc2c(sc(NC(=O)c3ccc(S(=O)(=O)N(CC)Cc4ccccc4)cc3)c2C(=O)OC)C1. The molecule has 0 radical (unpaired) electrons. The van der Waals surface area contributed by atoms with Crippen LogP contribution < -0.4 is 5.32 Å². The maximum Gasteiger partial charge on any atom is 0.341 e.